The molecule has 4 rings (SSSR count). The van der Waals surface area contributed by atoms with Gasteiger partial charge in [0.15, 0.2) is 5.78 Å². The van der Waals surface area contributed by atoms with Crippen LogP contribution < -0.4 is 15.1 Å². The van der Waals surface area contributed by atoms with Crippen molar-refractivity contribution in [1.29, 1.82) is 5.26 Å². The van der Waals surface area contributed by atoms with E-state index in [-0.39, 0.29) is 23.3 Å². The van der Waals surface area contributed by atoms with Crippen molar-refractivity contribution in [3.8, 4) is 6.07 Å². The summed E-state index contributed by atoms with van der Waals surface area (Å²) in [5.74, 6) is -0.293. The van der Waals surface area contributed by atoms with Gasteiger partial charge < -0.3 is 15.1 Å². The van der Waals surface area contributed by atoms with Crippen LogP contribution in [0.2, 0.25) is 0 Å². The number of halogens is 3. The predicted octanol–water partition coefficient (Wildman–Crippen LogP) is 4.84. The second-order valence-corrected chi connectivity index (χ2v) is 12.2. The number of carbonyl (C=O) groups excluding carboxylic acids is 2. The fourth-order valence-electron chi connectivity index (χ4n) is 5.97. The first kappa shape index (κ1) is 37.4. The standard InChI is InChI=1S/C32H41F3N6O2.O3S/c1-2-17-37-30(43)10-4-7-24-15-19-40(20-16-24)28-21-29(39-31(38-28)32(33,34)35)41-18-5-8-26(41)27(42)9-3-6-23-11-13-25(22-36)14-12-23;1-4(2)3/h11-14,21,24,26H,2-10,15-20H2,1H3,(H,37,43);/t26-;/m0./s1. The average molecular weight is 679 g/mol. The van der Waals surface area contributed by atoms with Crippen LogP contribution in [0.4, 0.5) is 24.8 Å². The van der Waals surface area contributed by atoms with Gasteiger partial charge in [-0.2, -0.15) is 18.4 Å². The molecule has 47 heavy (non-hydrogen) atoms. The highest BCUT2D eigenvalue weighted by molar-refractivity contribution is 7.59. The van der Waals surface area contributed by atoms with Crippen LogP contribution in [0.1, 0.15) is 88.1 Å². The van der Waals surface area contributed by atoms with Gasteiger partial charge in [0, 0.05) is 45.1 Å². The summed E-state index contributed by atoms with van der Waals surface area (Å²) >= 11 is 0. The summed E-state index contributed by atoms with van der Waals surface area (Å²) < 4.78 is 67.0. The number of alkyl halides is 3. The van der Waals surface area contributed by atoms with E-state index in [4.69, 9.17) is 17.9 Å². The van der Waals surface area contributed by atoms with E-state index >= 15 is 0 Å². The minimum Gasteiger partial charge on any atom is -0.356 e. The molecule has 2 aromatic rings. The van der Waals surface area contributed by atoms with Crippen molar-refractivity contribution in [3.63, 3.8) is 0 Å². The molecule has 11 nitrogen and oxygen atoms in total. The van der Waals surface area contributed by atoms with Crippen LogP contribution in [0.15, 0.2) is 30.3 Å². The highest BCUT2D eigenvalue weighted by atomic mass is 32.2. The van der Waals surface area contributed by atoms with Crippen LogP contribution in [0.25, 0.3) is 0 Å². The predicted molar refractivity (Wildman–Crippen MR) is 168 cm³/mol. The van der Waals surface area contributed by atoms with Crippen molar-refractivity contribution in [2.24, 2.45) is 5.92 Å². The molecule has 1 atom stereocenters. The first-order valence-corrected chi connectivity index (χ1v) is 16.9. The maximum Gasteiger partial charge on any atom is 0.451 e. The van der Waals surface area contributed by atoms with Gasteiger partial charge in [-0.05, 0) is 81.4 Å². The van der Waals surface area contributed by atoms with Crippen LogP contribution in [0.5, 0.6) is 0 Å². The fourth-order valence-corrected chi connectivity index (χ4v) is 5.97. The fraction of sp³-hybridized carbons (Fsp3) is 0.594. The summed E-state index contributed by atoms with van der Waals surface area (Å²) in [6.07, 6.45) is 2.96. The molecule has 0 saturated carbocycles. The lowest BCUT2D eigenvalue weighted by Gasteiger charge is -2.34. The third-order valence-electron chi connectivity index (χ3n) is 8.37. The smallest absolute Gasteiger partial charge is 0.356 e. The number of benzene rings is 1. The number of amides is 1. The highest BCUT2D eigenvalue weighted by Crippen LogP contribution is 2.34. The Balaban J connectivity index is 0.00000142. The van der Waals surface area contributed by atoms with Gasteiger partial charge in [-0.3, -0.25) is 9.59 Å². The van der Waals surface area contributed by atoms with Crippen molar-refractivity contribution < 1.29 is 35.4 Å². The first-order chi connectivity index (χ1) is 22.4. The molecule has 0 aliphatic carbocycles. The third kappa shape index (κ3) is 12.2. The topological polar surface area (TPSA) is 153 Å². The number of hydrogen-bond acceptors (Lipinski definition) is 10. The van der Waals surface area contributed by atoms with Crippen molar-refractivity contribution in [2.75, 3.05) is 36.0 Å². The molecular weight excluding hydrogens is 637 g/mol. The summed E-state index contributed by atoms with van der Waals surface area (Å²) in [6, 6.07) is 10.4. The number of ketones is 1. The minimum atomic E-state index is -4.71. The zero-order valence-corrected chi connectivity index (χ0v) is 27.3. The first-order valence-electron chi connectivity index (χ1n) is 15.9. The van der Waals surface area contributed by atoms with Gasteiger partial charge in [0.05, 0.1) is 17.7 Å². The van der Waals surface area contributed by atoms with Crippen LogP contribution in [0, 0.1) is 17.2 Å². The molecule has 1 N–H and O–H groups in total. The van der Waals surface area contributed by atoms with Gasteiger partial charge in [0.2, 0.25) is 11.7 Å². The molecule has 2 saturated heterocycles. The van der Waals surface area contributed by atoms with Gasteiger partial charge in [-0.15, -0.1) is 12.6 Å². The van der Waals surface area contributed by atoms with Gasteiger partial charge in [0.1, 0.15) is 11.6 Å². The number of nitrogens with zero attached hydrogens (tertiary/aromatic N) is 5. The van der Waals surface area contributed by atoms with E-state index in [1.807, 2.05) is 24.0 Å². The summed E-state index contributed by atoms with van der Waals surface area (Å²) in [7, 11) is -3.11. The molecule has 2 aliphatic heterocycles. The zero-order valence-electron chi connectivity index (χ0n) is 26.5. The van der Waals surface area contributed by atoms with Gasteiger partial charge in [-0.25, -0.2) is 9.97 Å². The molecular formula is C32H41F3N6O5S. The average Bonchev–Trinajstić information content (AvgIpc) is 3.54. The molecule has 1 aromatic carbocycles. The molecule has 2 fully saturated rings. The maximum atomic E-state index is 13.9. The molecule has 0 bridgehead atoms. The van der Waals surface area contributed by atoms with Crippen molar-refractivity contribution in [3.05, 3.63) is 47.3 Å². The Hall–Kier alpha value is -4.06. The lowest BCUT2D eigenvalue weighted by molar-refractivity contribution is -0.144. The summed E-state index contributed by atoms with van der Waals surface area (Å²) in [5.41, 5.74) is 1.61. The quantitative estimate of drug-likeness (QED) is 0.312. The largest absolute Gasteiger partial charge is 0.451 e. The van der Waals surface area contributed by atoms with E-state index in [1.165, 1.54) is 0 Å². The normalized spacial score (nSPS) is 16.6. The van der Waals surface area contributed by atoms with Crippen LogP contribution in [0.3, 0.4) is 0 Å². The Labute approximate surface area is 274 Å². The molecule has 256 valence electrons. The number of hydrogen-bond donors (Lipinski definition) is 1. The van der Waals surface area contributed by atoms with E-state index in [1.54, 1.807) is 23.1 Å². The monoisotopic (exact) mass is 678 g/mol. The number of nitriles is 1. The van der Waals surface area contributed by atoms with E-state index in [0.717, 1.165) is 37.7 Å². The molecule has 3 heterocycles. The number of carbonyl (C=O) groups is 2. The summed E-state index contributed by atoms with van der Waals surface area (Å²) in [4.78, 5) is 36.5. The molecule has 2 aliphatic rings. The molecule has 0 spiro atoms. The Morgan fingerprint density at radius 3 is 2.28 bits per heavy atom. The molecule has 0 radical (unpaired) electrons. The van der Waals surface area contributed by atoms with Gasteiger partial charge in [-0.1, -0.05) is 19.1 Å². The highest BCUT2D eigenvalue weighted by Gasteiger charge is 2.38. The van der Waals surface area contributed by atoms with Crippen LogP contribution in [-0.4, -0.2) is 66.5 Å². The molecule has 1 aromatic heterocycles. The molecule has 0 unspecified atom stereocenters. The minimum absolute atomic E-state index is 0.00376. The lowest BCUT2D eigenvalue weighted by Crippen LogP contribution is -2.38. The number of rotatable bonds is 13. The Morgan fingerprint density at radius 2 is 1.66 bits per heavy atom. The number of aryl methyl sites for hydroxylation is 1. The number of anilines is 2. The van der Waals surface area contributed by atoms with E-state index in [2.05, 4.69) is 21.4 Å². The van der Waals surface area contributed by atoms with Crippen LogP contribution >= 0.6 is 0 Å². The summed E-state index contributed by atoms with van der Waals surface area (Å²) in [5, 5.41) is 11.8. The Kier molecular flexibility index (Phi) is 14.6. The second kappa shape index (κ2) is 18.3. The van der Waals surface area contributed by atoms with Crippen molar-refractivity contribution >= 4 is 33.9 Å². The van der Waals surface area contributed by atoms with E-state index in [0.29, 0.717) is 76.2 Å². The lowest BCUT2D eigenvalue weighted by atomic mass is 9.91. The third-order valence-corrected chi connectivity index (χ3v) is 8.37. The van der Waals surface area contributed by atoms with Gasteiger partial charge in [0.25, 0.3) is 0 Å². The number of nitrogens with one attached hydrogen (secondary N) is 1. The van der Waals surface area contributed by atoms with Crippen LogP contribution in [-0.2, 0) is 32.8 Å². The Bertz CT molecular complexity index is 1480. The molecule has 15 heteroatoms. The molecule has 1 amide bonds. The number of Topliss-reactive ketones (excluding diaryl/α,β-unsaturated/α-hetero) is 1. The van der Waals surface area contributed by atoms with Crippen molar-refractivity contribution in [1.82, 2.24) is 15.3 Å². The van der Waals surface area contributed by atoms with Crippen molar-refractivity contribution in [2.45, 2.75) is 89.8 Å². The zero-order chi connectivity index (χ0) is 34.4. The summed E-state index contributed by atoms with van der Waals surface area (Å²) in [6.45, 7) is 4.33. The second-order valence-electron chi connectivity index (χ2n) is 11.8. The number of piperidine rings is 1. The SMILES string of the molecule is CCCNC(=O)CCCC1CCN(c2cc(N3CCC[C@H]3C(=O)CCCc3ccc(C#N)cc3)nc(C(F)(F)F)n2)CC1.O=S(=O)=O. The van der Waals surface area contributed by atoms with E-state index in [9.17, 15) is 22.8 Å². The maximum absolute atomic E-state index is 13.9. The van der Waals surface area contributed by atoms with Gasteiger partial charge >= 0.3 is 16.8 Å². The Morgan fingerprint density at radius 1 is 1.00 bits per heavy atom. The van der Waals surface area contributed by atoms with E-state index < -0.39 is 28.7 Å². The number of aromatic nitrogens is 2.